The first kappa shape index (κ1) is 12.5. The molecular weight excluding hydrogens is 310 g/mol. The number of nitrogens with zero attached hydrogens (tertiary/aromatic N) is 1. The summed E-state index contributed by atoms with van der Waals surface area (Å²) >= 11 is 4.50. The number of carbonyl (C=O) groups is 2. The summed E-state index contributed by atoms with van der Waals surface area (Å²) in [5, 5.41) is 18.4. The summed E-state index contributed by atoms with van der Waals surface area (Å²) in [6.45, 7) is 0.0747. The number of carbonyl (C=O) groups excluding carboxylic acids is 1. The van der Waals surface area contributed by atoms with E-state index in [0.717, 1.165) is 3.79 Å². The summed E-state index contributed by atoms with van der Waals surface area (Å²) in [4.78, 5) is 24.7. The molecule has 1 saturated heterocycles. The minimum atomic E-state index is -1.08. The second-order valence-electron chi connectivity index (χ2n) is 3.80. The van der Waals surface area contributed by atoms with Gasteiger partial charge in [0.2, 0.25) is 0 Å². The molecule has 1 aliphatic heterocycles. The van der Waals surface area contributed by atoms with Gasteiger partial charge in [0.1, 0.15) is 6.04 Å². The van der Waals surface area contributed by atoms with Gasteiger partial charge in [0.25, 0.3) is 5.91 Å². The number of thiophene rings is 1. The van der Waals surface area contributed by atoms with Gasteiger partial charge in [-0.3, -0.25) is 4.79 Å². The monoisotopic (exact) mass is 319 g/mol. The van der Waals surface area contributed by atoms with Crippen molar-refractivity contribution in [3.8, 4) is 0 Å². The molecule has 0 bridgehead atoms. The maximum absolute atomic E-state index is 12.1. The van der Waals surface area contributed by atoms with Crippen molar-refractivity contribution < 1.29 is 19.8 Å². The minimum absolute atomic E-state index is 0.0747. The molecule has 17 heavy (non-hydrogen) atoms. The van der Waals surface area contributed by atoms with Gasteiger partial charge in [-0.15, -0.1) is 11.3 Å². The van der Waals surface area contributed by atoms with E-state index in [4.69, 9.17) is 5.11 Å². The van der Waals surface area contributed by atoms with Gasteiger partial charge in [0.05, 0.1) is 14.8 Å². The Hall–Kier alpha value is -0.920. The molecule has 1 aliphatic rings. The molecule has 1 fully saturated rings. The molecule has 0 aromatic carbocycles. The summed E-state index contributed by atoms with van der Waals surface area (Å²) in [7, 11) is 0. The van der Waals surface area contributed by atoms with Crippen LogP contribution in [0.4, 0.5) is 0 Å². The summed E-state index contributed by atoms with van der Waals surface area (Å²) in [6, 6.07) is 2.44. The van der Waals surface area contributed by atoms with E-state index in [1.54, 1.807) is 12.1 Å². The van der Waals surface area contributed by atoms with Gasteiger partial charge in [-0.1, -0.05) is 0 Å². The molecular formula is C10H10BrNO4S. The highest BCUT2D eigenvalue weighted by atomic mass is 79.9. The Kier molecular flexibility index (Phi) is 3.50. The van der Waals surface area contributed by atoms with Crippen LogP contribution in [0.1, 0.15) is 16.1 Å². The normalized spacial score (nSPS) is 24.0. The number of aliphatic hydroxyl groups excluding tert-OH is 1. The van der Waals surface area contributed by atoms with Gasteiger partial charge in [0.15, 0.2) is 0 Å². The highest BCUT2D eigenvalue weighted by molar-refractivity contribution is 9.11. The van der Waals surface area contributed by atoms with Gasteiger partial charge in [-0.2, -0.15) is 0 Å². The average Bonchev–Trinajstić information content (AvgIpc) is 2.83. The van der Waals surface area contributed by atoms with Gasteiger partial charge in [0, 0.05) is 13.0 Å². The third-order valence-electron chi connectivity index (χ3n) is 2.61. The smallest absolute Gasteiger partial charge is 0.326 e. The van der Waals surface area contributed by atoms with E-state index < -0.39 is 18.1 Å². The number of likely N-dealkylation sites (tertiary alicyclic amines) is 1. The molecule has 5 nitrogen and oxygen atoms in total. The highest BCUT2D eigenvalue weighted by Gasteiger charge is 2.39. The summed E-state index contributed by atoms with van der Waals surface area (Å²) in [6.07, 6.45) is -0.670. The topological polar surface area (TPSA) is 77.8 Å². The summed E-state index contributed by atoms with van der Waals surface area (Å²) < 4.78 is 0.812. The standard InChI is InChI=1S/C10H10BrNO4S/c11-8-2-1-7(17-8)9(14)12-4-5(13)3-6(12)10(15)16/h1-2,5-6,13H,3-4H2,(H,15,16)/t5-,6-/m1/s1. The number of aliphatic hydroxyl groups is 1. The zero-order valence-corrected chi connectivity index (χ0v) is 11.1. The van der Waals surface area contributed by atoms with Crippen molar-refractivity contribution in [2.24, 2.45) is 0 Å². The Labute approximate surface area is 110 Å². The van der Waals surface area contributed by atoms with Crippen molar-refractivity contribution in [3.63, 3.8) is 0 Å². The lowest BCUT2D eigenvalue weighted by Gasteiger charge is -2.20. The number of aliphatic carboxylic acids is 1. The van der Waals surface area contributed by atoms with E-state index in [2.05, 4.69) is 15.9 Å². The van der Waals surface area contributed by atoms with Crippen molar-refractivity contribution in [1.82, 2.24) is 4.90 Å². The molecule has 92 valence electrons. The number of carboxylic acids is 1. The van der Waals surface area contributed by atoms with Crippen LogP contribution in [-0.2, 0) is 4.79 Å². The number of halogens is 1. The molecule has 0 radical (unpaired) electrons. The average molecular weight is 320 g/mol. The van der Waals surface area contributed by atoms with Gasteiger partial charge in [-0.05, 0) is 28.1 Å². The quantitative estimate of drug-likeness (QED) is 0.857. The van der Waals surface area contributed by atoms with Crippen molar-refractivity contribution in [1.29, 1.82) is 0 Å². The lowest BCUT2D eigenvalue weighted by molar-refractivity contribution is -0.141. The van der Waals surface area contributed by atoms with E-state index >= 15 is 0 Å². The summed E-state index contributed by atoms with van der Waals surface area (Å²) in [5.41, 5.74) is 0. The molecule has 2 rings (SSSR count). The number of rotatable bonds is 2. The van der Waals surface area contributed by atoms with Gasteiger partial charge in [-0.25, -0.2) is 4.79 Å². The molecule has 0 unspecified atom stereocenters. The van der Waals surface area contributed by atoms with Gasteiger partial charge < -0.3 is 15.1 Å². The molecule has 1 amide bonds. The third-order valence-corrected chi connectivity index (χ3v) is 4.22. The molecule has 1 aromatic heterocycles. The van der Waals surface area contributed by atoms with Crippen molar-refractivity contribution >= 4 is 39.1 Å². The van der Waals surface area contributed by atoms with E-state index in [-0.39, 0.29) is 18.9 Å². The first-order valence-electron chi connectivity index (χ1n) is 4.96. The highest BCUT2D eigenvalue weighted by Crippen LogP contribution is 2.27. The zero-order chi connectivity index (χ0) is 12.6. The predicted molar refractivity (Wildman–Crippen MR) is 65.1 cm³/mol. The van der Waals surface area contributed by atoms with E-state index in [1.807, 2.05) is 0 Å². The second-order valence-corrected chi connectivity index (χ2v) is 6.27. The van der Waals surface area contributed by atoms with Crippen LogP contribution < -0.4 is 0 Å². The van der Waals surface area contributed by atoms with E-state index in [0.29, 0.717) is 4.88 Å². The fraction of sp³-hybridized carbons (Fsp3) is 0.400. The fourth-order valence-electron chi connectivity index (χ4n) is 1.84. The zero-order valence-electron chi connectivity index (χ0n) is 8.67. The molecule has 0 aliphatic carbocycles. The Bertz CT molecular complexity index is 461. The van der Waals surface area contributed by atoms with Crippen LogP contribution in [0.5, 0.6) is 0 Å². The van der Waals surface area contributed by atoms with Crippen LogP contribution in [0, 0.1) is 0 Å². The third kappa shape index (κ3) is 2.51. The molecule has 2 heterocycles. The van der Waals surface area contributed by atoms with Crippen LogP contribution in [0.3, 0.4) is 0 Å². The van der Waals surface area contributed by atoms with Crippen molar-refractivity contribution in [2.45, 2.75) is 18.6 Å². The molecule has 2 N–H and O–H groups in total. The van der Waals surface area contributed by atoms with Gasteiger partial charge >= 0.3 is 5.97 Å². The second kappa shape index (κ2) is 4.75. The van der Waals surface area contributed by atoms with Crippen LogP contribution in [-0.4, -0.2) is 45.7 Å². The number of hydrogen-bond acceptors (Lipinski definition) is 4. The first-order valence-corrected chi connectivity index (χ1v) is 6.57. The van der Waals surface area contributed by atoms with Crippen molar-refractivity contribution in [2.75, 3.05) is 6.54 Å². The lowest BCUT2D eigenvalue weighted by atomic mass is 10.2. The maximum atomic E-state index is 12.1. The number of hydrogen-bond donors (Lipinski definition) is 2. The number of amides is 1. The Morgan fingerprint density at radius 1 is 1.47 bits per heavy atom. The SMILES string of the molecule is O=C(O)[C@H]1C[C@@H](O)CN1C(=O)c1ccc(Br)s1. The molecule has 1 aromatic rings. The summed E-state index contributed by atoms with van der Waals surface area (Å²) in [5.74, 6) is -1.42. The predicted octanol–water partition coefficient (Wildman–Crippen LogP) is 1.17. The first-order chi connectivity index (χ1) is 7.99. The van der Waals surface area contributed by atoms with Crippen LogP contribution in [0.15, 0.2) is 15.9 Å². The van der Waals surface area contributed by atoms with Crippen LogP contribution in [0.25, 0.3) is 0 Å². The molecule has 0 spiro atoms. The molecule has 7 heteroatoms. The minimum Gasteiger partial charge on any atom is -0.480 e. The van der Waals surface area contributed by atoms with E-state index in [1.165, 1.54) is 16.2 Å². The maximum Gasteiger partial charge on any atom is 0.326 e. The molecule has 2 atom stereocenters. The van der Waals surface area contributed by atoms with Crippen molar-refractivity contribution in [3.05, 3.63) is 20.8 Å². The Morgan fingerprint density at radius 2 is 2.18 bits per heavy atom. The largest absolute Gasteiger partial charge is 0.480 e. The number of β-amino-alcohol motifs (C(OH)–C–C–N with tert-alkyl or cyclic N) is 1. The fourth-order valence-corrected chi connectivity index (χ4v) is 3.19. The Balaban J connectivity index is 2.21. The lowest BCUT2D eigenvalue weighted by Crippen LogP contribution is -2.40. The Morgan fingerprint density at radius 3 is 2.71 bits per heavy atom. The number of carboxylic acid groups (broad SMARTS) is 1. The molecule has 0 saturated carbocycles. The van der Waals surface area contributed by atoms with E-state index in [9.17, 15) is 14.7 Å². The van der Waals surface area contributed by atoms with Crippen LogP contribution in [0.2, 0.25) is 0 Å². The van der Waals surface area contributed by atoms with Crippen LogP contribution >= 0.6 is 27.3 Å².